The average molecular weight is 249 g/mol. The number of aliphatic hydroxyl groups excluding tert-OH is 1. The van der Waals surface area contributed by atoms with Gasteiger partial charge in [-0.25, -0.2) is 4.79 Å². The highest BCUT2D eigenvalue weighted by atomic mass is 16.4. The summed E-state index contributed by atoms with van der Waals surface area (Å²) in [4.78, 5) is 11.1. The molecule has 2 unspecified atom stereocenters. The van der Waals surface area contributed by atoms with Gasteiger partial charge < -0.3 is 15.5 Å². The predicted molar refractivity (Wildman–Crippen MR) is 68.4 cm³/mol. The van der Waals surface area contributed by atoms with E-state index < -0.39 is 5.97 Å². The largest absolute Gasteiger partial charge is 0.478 e. The van der Waals surface area contributed by atoms with E-state index in [9.17, 15) is 9.90 Å². The molecule has 1 aliphatic carbocycles. The Morgan fingerprint density at radius 1 is 1.44 bits per heavy atom. The number of benzene rings is 1. The van der Waals surface area contributed by atoms with Crippen LogP contribution >= 0.6 is 0 Å². The highest BCUT2D eigenvalue weighted by Crippen LogP contribution is 2.40. The summed E-state index contributed by atoms with van der Waals surface area (Å²) in [5, 5.41) is 22.1. The van der Waals surface area contributed by atoms with Crippen LogP contribution in [0.5, 0.6) is 0 Å². The first-order valence-corrected chi connectivity index (χ1v) is 6.15. The lowest BCUT2D eigenvalue weighted by molar-refractivity contribution is -0.0730. The molecule has 1 aliphatic rings. The van der Waals surface area contributed by atoms with Crippen LogP contribution < -0.4 is 5.32 Å². The Balaban J connectivity index is 2.01. The van der Waals surface area contributed by atoms with Gasteiger partial charge in [-0.05, 0) is 18.1 Å². The van der Waals surface area contributed by atoms with E-state index in [1.54, 1.807) is 12.1 Å². The monoisotopic (exact) mass is 249 g/mol. The zero-order chi connectivity index (χ0) is 13.3. The smallest absolute Gasteiger partial charge is 0.336 e. The van der Waals surface area contributed by atoms with Gasteiger partial charge in [0.25, 0.3) is 0 Å². The molecule has 0 bridgehead atoms. The normalized spacial score (nSPS) is 25.5. The third-order valence-electron chi connectivity index (χ3n) is 4.00. The Bertz CT molecular complexity index is 456. The van der Waals surface area contributed by atoms with Crippen LogP contribution in [-0.2, 0) is 6.54 Å². The van der Waals surface area contributed by atoms with Crippen molar-refractivity contribution in [2.45, 2.75) is 39.0 Å². The van der Waals surface area contributed by atoms with Crippen molar-refractivity contribution in [2.24, 2.45) is 5.41 Å². The van der Waals surface area contributed by atoms with Crippen molar-refractivity contribution in [3.63, 3.8) is 0 Å². The fourth-order valence-electron chi connectivity index (χ4n) is 2.37. The Morgan fingerprint density at radius 2 is 2.11 bits per heavy atom. The summed E-state index contributed by atoms with van der Waals surface area (Å²) in [6.07, 6.45) is 0.451. The standard InChI is InChI=1S/C14H19NO3/c1-14(2)11(7-12(14)16)15-8-9-5-3-4-6-10(9)13(17)18/h3-6,11-12,15-16H,7-8H2,1-2H3,(H,17,18). The number of carboxylic acids is 1. The Morgan fingerprint density at radius 3 is 2.67 bits per heavy atom. The van der Waals surface area contributed by atoms with Gasteiger partial charge in [0.05, 0.1) is 11.7 Å². The molecule has 1 saturated carbocycles. The van der Waals surface area contributed by atoms with Crippen molar-refractivity contribution in [1.82, 2.24) is 5.32 Å². The average Bonchev–Trinajstić information content (AvgIpc) is 2.34. The van der Waals surface area contributed by atoms with Crippen LogP contribution in [0.4, 0.5) is 0 Å². The molecular formula is C14H19NO3. The maximum absolute atomic E-state index is 11.1. The second-order valence-corrected chi connectivity index (χ2v) is 5.47. The van der Waals surface area contributed by atoms with Gasteiger partial charge in [0, 0.05) is 18.0 Å². The van der Waals surface area contributed by atoms with Crippen LogP contribution in [0.2, 0.25) is 0 Å². The summed E-state index contributed by atoms with van der Waals surface area (Å²) in [7, 11) is 0. The van der Waals surface area contributed by atoms with Crippen molar-refractivity contribution in [1.29, 1.82) is 0 Å². The number of carboxylic acid groups (broad SMARTS) is 1. The van der Waals surface area contributed by atoms with Crippen molar-refractivity contribution in [2.75, 3.05) is 0 Å². The molecule has 0 aliphatic heterocycles. The van der Waals surface area contributed by atoms with E-state index in [4.69, 9.17) is 5.11 Å². The molecule has 0 saturated heterocycles. The molecule has 98 valence electrons. The van der Waals surface area contributed by atoms with E-state index in [0.717, 1.165) is 12.0 Å². The van der Waals surface area contributed by atoms with Gasteiger partial charge in [-0.3, -0.25) is 0 Å². The van der Waals surface area contributed by atoms with E-state index in [-0.39, 0.29) is 17.6 Å². The Kier molecular flexibility index (Phi) is 3.41. The van der Waals surface area contributed by atoms with Crippen molar-refractivity contribution < 1.29 is 15.0 Å². The highest BCUT2D eigenvalue weighted by molar-refractivity contribution is 5.89. The summed E-state index contributed by atoms with van der Waals surface area (Å²) < 4.78 is 0. The summed E-state index contributed by atoms with van der Waals surface area (Å²) in [5.41, 5.74) is 0.975. The molecule has 1 aromatic carbocycles. The molecule has 1 aromatic rings. The molecule has 2 rings (SSSR count). The van der Waals surface area contributed by atoms with Gasteiger partial charge in [0.2, 0.25) is 0 Å². The number of carbonyl (C=O) groups is 1. The molecule has 18 heavy (non-hydrogen) atoms. The fraction of sp³-hybridized carbons (Fsp3) is 0.500. The van der Waals surface area contributed by atoms with E-state index >= 15 is 0 Å². The van der Waals surface area contributed by atoms with Gasteiger partial charge in [-0.15, -0.1) is 0 Å². The lowest BCUT2D eigenvalue weighted by atomic mass is 9.64. The minimum Gasteiger partial charge on any atom is -0.478 e. The van der Waals surface area contributed by atoms with E-state index in [1.165, 1.54) is 0 Å². The van der Waals surface area contributed by atoms with Crippen LogP contribution in [0.1, 0.15) is 36.2 Å². The molecule has 0 spiro atoms. The molecular weight excluding hydrogens is 230 g/mol. The van der Waals surface area contributed by atoms with Crippen molar-refractivity contribution in [3.8, 4) is 0 Å². The minimum absolute atomic E-state index is 0.141. The van der Waals surface area contributed by atoms with Gasteiger partial charge >= 0.3 is 5.97 Å². The van der Waals surface area contributed by atoms with Gasteiger partial charge in [-0.2, -0.15) is 0 Å². The number of rotatable bonds is 4. The van der Waals surface area contributed by atoms with Gasteiger partial charge in [0.15, 0.2) is 0 Å². The molecule has 2 atom stereocenters. The van der Waals surface area contributed by atoms with Crippen LogP contribution in [-0.4, -0.2) is 28.3 Å². The summed E-state index contributed by atoms with van der Waals surface area (Å²) in [6.45, 7) is 4.55. The van der Waals surface area contributed by atoms with Crippen LogP contribution in [0.15, 0.2) is 24.3 Å². The van der Waals surface area contributed by atoms with Gasteiger partial charge in [0.1, 0.15) is 0 Å². The van der Waals surface area contributed by atoms with Crippen LogP contribution in [0.25, 0.3) is 0 Å². The fourth-order valence-corrected chi connectivity index (χ4v) is 2.37. The highest BCUT2D eigenvalue weighted by Gasteiger charge is 2.46. The van der Waals surface area contributed by atoms with E-state index in [0.29, 0.717) is 12.1 Å². The SMILES string of the molecule is CC1(C)C(O)CC1NCc1ccccc1C(=O)O. The maximum Gasteiger partial charge on any atom is 0.336 e. The first kappa shape index (κ1) is 13.1. The number of hydrogen-bond acceptors (Lipinski definition) is 3. The molecule has 0 heterocycles. The molecule has 0 amide bonds. The number of hydrogen-bond donors (Lipinski definition) is 3. The first-order valence-electron chi connectivity index (χ1n) is 6.15. The molecule has 4 nitrogen and oxygen atoms in total. The first-order chi connectivity index (χ1) is 8.43. The topological polar surface area (TPSA) is 69.6 Å². The molecule has 3 N–H and O–H groups in total. The Labute approximate surface area is 107 Å². The van der Waals surface area contributed by atoms with Crippen molar-refractivity contribution >= 4 is 5.97 Å². The third-order valence-corrected chi connectivity index (χ3v) is 4.00. The second-order valence-electron chi connectivity index (χ2n) is 5.47. The Hall–Kier alpha value is -1.39. The third kappa shape index (κ3) is 2.26. The molecule has 1 fully saturated rings. The lowest BCUT2D eigenvalue weighted by Gasteiger charge is -2.49. The zero-order valence-corrected chi connectivity index (χ0v) is 10.7. The molecule has 0 aromatic heterocycles. The second kappa shape index (κ2) is 4.71. The minimum atomic E-state index is -0.902. The zero-order valence-electron chi connectivity index (χ0n) is 10.7. The summed E-state index contributed by atoms with van der Waals surface area (Å²) >= 11 is 0. The summed E-state index contributed by atoms with van der Waals surface area (Å²) in [6, 6.07) is 7.22. The number of nitrogens with one attached hydrogen (secondary N) is 1. The number of aromatic carboxylic acids is 1. The molecule has 0 radical (unpaired) electrons. The van der Waals surface area contributed by atoms with Crippen LogP contribution in [0, 0.1) is 5.41 Å². The lowest BCUT2D eigenvalue weighted by Crippen LogP contribution is -2.59. The van der Waals surface area contributed by atoms with E-state index in [2.05, 4.69) is 5.32 Å². The summed E-state index contributed by atoms with van der Waals surface area (Å²) in [5.74, 6) is -0.902. The maximum atomic E-state index is 11.1. The van der Waals surface area contributed by atoms with Crippen LogP contribution in [0.3, 0.4) is 0 Å². The van der Waals surface area contributed by atoms with E-state index in [1.807, 2.05) is 26.0 Å². The van der Waals surface area contributed by atoms with Crippen molar-refractivity contribution in [3.05, 3.63) is 35.4 Å². The van der Waals surface area contributed by atoms with Gasteiger partial charge in [-0.1, -0.05) is 32.0 Å². The quantitative estimate of drug-likeness (QED) is 0.758. The number of aliphatic hydroxyl groups is 1. The molecule has 4 heteroatoms. The predicted octanol–water partition coefficient (Wildman–Crippen LogP) is 1.63.